The molecular formula is C15H20FN3O3. The lowest BCUT2D eigenvalue weighted by Gasteiger charge is -2.29. The Morgan fingerprint density at radius 1 is 1.41 bits per heavy atom. The number of nitrogens with zero attached hydrogens (tertiary/aromatic N) is 3. The monoisotopic (exact) mass is 309 g/mol. The lowest BCUT2D eigenvalue weighted by molar-refractivity contribution is 0.0270. The molecule has 1 amide bonds. The molecule has 1 aliphatic rings. The second-order valence-corrected chi connectivity index (χ2v) is 5.97. The van der Waals surface area contributed by atoms with Crippen LogP contribution in [-0.4, -0.2) is 46.8 Å². The Balaban J connectivity index is 2.10. The van der Waals surface area contributed by atoms with Crippen LogP contribution in [0.4, 0.5) is 9.18 Å². The highest BCUT2D eigenvalue weighted by Crippen LogP contribution is 2.28. The Labute approximate surface area is 129 Å². The molecule has 0 saturated heterocycles. The lowest BCUT2D eigenvalue weighted by Crippen LogP contribution is -2.39. The lowest BCUT2D eigenvalue weighted by atomic mass is 10.0. The zero-order valence-corrected chi connectivity index (χ0v) is 13.2. The van der Waals surface area contributed by atoms with E-state index in [1.807, 2.05) is 26.8 Å². The Bertz CT molecular complexity index is 596. The predicted octanol–water partition coefficient (Wildman–Crippen LogP) is 2.65. The molecule has 7 heteroatoms. The van der Waals surface area contributed by atoms with Gasteiger partial charge in [-0.25, -0.2) is 9.78 Å². The third-order valence-corrected chi connectivity index (χ3v) is 3.12. The maximum absolute atomic E-state index is 13.0. The minimum Gasteiger partial charge on any atom is -0.480 e. The van der Waals surface area contributed by atoms with Gasteiger partial charge in [-0.1, -0.05) is 6.08 Å². The average molecular weight is 309 g/mol. The molecule has 2 rings (SSSR count). The standard InChI is InChI=1S/C15H20FN3O3/c1-15(2,3)22-14(20)19-7-5-10(6-8-19)11-9-17-13(16)18-12(11)21-4/h5,9H,6-8H2,1-4H3. The fraction of sp³-hybridized carbons (Fsp3) is 0.533. The smallest absolute Gasteiger partial charge is 0.410 e. The first-order valence-electron chi connectivity index (χ1n) is 7.04. The Morgan fingerprint density at radius 3 is 2.68 bits per heavy atom. The zero-order valence-electron chi connectivity index (χ0n) is 13.2. The quantitative estimate of drug-likeness (QED) is 0.786. The largest absolute Gasteiger partial charge is 0.480 e. The molecule has 0 bridgehead atoms. The number of ether oxygens (including phenoxy) is 2. The van der Waals surface area contributed by atoms with Crippen molar-refractivity contribution in [1.29, 1.82) is 0 Å². The molecule has 0 unspecified atom stereocenters. The van der Waals surface area contributed by atoms with Gasteiger partial charge in [0.15, 0.2) is 0 Å². The number of methoxy groups -OCH3 is 1. The van der Waals surface area contributed by atoms with E-state index in [9.17, 15) is 9.18 Å². The van der Waals surface area contributed by atoms with Crippen molar-refractivity contribution in [3.63, 3.8) is 0 Å². The molecule has 1 aromatic rings. The molecule has 22 heavy (non-hydrogen) atoms. The summed E-state index contributed by atoms with van der Waals surface area (Å²) in [7, 11) is 1.43. The van der Waals surface area contributed by atoms with Gasteiger partial charge in [0.05, 0.1) is 12.7 Å². The van der Waals surface area contributed by atoms with Gasteiger partial charge in [-0.05, 0) is 32.8 Å². The molecular weight excluding hydrogens is 289 g/mol. The zero-order chi connectivity index (χ0) is 16.3. The van der Waals surface area contributed by atoms with E-state index in [1.165, 1.54) is 13.3 Å². The summed E-state index contributed by atoms with van der Waals surface area (Å²) in [5.41, 5.74) is 1.05. The first kappa shape index (κ1) is 16.2. The topological polar surface area (TPSA) is 64.6 Å². The highest BCUT2D eigenvalue weighted by molar-refractivity contribution is 5.73. The molecule has 0 fully saturated rings. The Morgan fingerprint density at radius 2 is 2.14 bits per heavy atom. The molecule has 1 aliphatic heterocycles. The summed E-state index contributed by atoms with van der Waals surface area (Å²) in [5.74, 6) is 0.199. The predicted molar refractivity (Wildman–Crippen MR) is 78.9 cm³/mol. The van der Waals surface area contributed by atoms with E-state index in [2.05, 4.69) is 9.97 Å². The molecule has 0 atom stereocenters. The molecule has 0 aliphatic carbocycles. The molecule has 0 saturated carbocycles. The van der Waals surface area contributed by atoms with Crippen LogP contribution in [-0.2, 0) is 4.74 Å². The van der Waals surface area contributed by atoms with Gasteiger partial charge in [-0.2, -0.15) is 9.37 Å². The van der Waals surface area contributed by atoms with Crippen LogP contribution in [0.15, 0.2) is 12.3 Å². The van der Waals surface area contributed by atoms with Gasteiger partial charge >= 0.3 is 12.2 Å². The van der Waals surface area contributed by atoms with Crippen molar-refractivity contribution in [3.8, 4) is 5.88 Å². The number of rotatable bonds is 2. The van der Waals surface area contributed by atoms with Crippen LogP contribution in [0.2, 0.25) is 0 Å². The molecule has 6 nitrogen and oxygen atoms in total. The molecule has 1 aromatic heterocycles. The van der Waals surface area contributed by atoms with Crippen LogP contribution in [0.25, 0.3) is 5.57 Å². The van der Waals surface area contributed by atoms with E-state index in [0.29, 0.717) is 25.1 Å². The van der Waals surface area contributed by atoms with E-state index in [4.69, 9.17) is 9.47 Å². The number of carbonyl (C=O) groups is 1. The minimum absolute atomic E-state index is 0.199. The van der Waals surface area contributed by atoms with Crippen molar-refractivity contribution in [2.24, 2.45) is 0 Å². The van der Waals surface area contributed by atoms with E-state index >= 15 is 0 Å². The molecule has 2 heterocycles. The third kappa shape index (κ3) is 3.93. The fourth-order valence-corrected chi connectivity index (χ4v) is 2.13. The van der Waals surface area contributed by atoms with Crippen molar-refractivity contribution < 1.29 is 18.7 Å². The molecule has 0 aromatic carbocycles. The number of amides is 1. The number of carbonyl (C=O) groups excluding carboxylic acids is 1. The van der Waals surface area contributed by atoms with Crippen molar-refractivity contribution in [1.82, 2.24) is 14.9 Å². The van der Waals surface area contributed by atoms with E-state index in [1.54, 1.807) is 4.90 Å². The summed E-state index contributed by atoms with van der Waals surface area (Å²) < 4.78 is 23.5. The van der Waals surface area contributed by atoms with Gasteiger partial charge in [0.2, 0.25) is 5.88 Å². The number of hydrogen-bond acceptors (Lipinski definition) is 5. The Hall–Kier alpha value is -2.18. The van der Waals surface area contributed by atoms with E-state index in [-0.39, 0.29) is 12.0 Å². The van der Waals surface area contributed by atoms with Crippen LogP contribution in [0.3, 0.4) is 0 Å². The molecule has 0 spiro atoms. The van der Waals surface area contributed by atoms with Crippen molar-refractivity contribution in [2.45, 2.75) is 32.8 Å². The van der Waals surface area contributed by atoms with E-state index < -0.39 is 11.7 Å². The van der Waals surface area contributed by atoms with Gasteiger partial charge in [0, 0.05) is 19.3 Å². The van der Waals surface area contributed by atoms with Crippen LogP contribution < -0.4 is 4.74 Å². The average Bonchev–Trinajstić information content (AvgIpc) is 2.45. The Kier molecular flexibility index (Phi) is 4.63. The van der Waals surface area contributed by atoms with Crippen LogP contribution >= 0.6 is 0 Å². The first-order valence-corrected chi connectivity index (χ1v) is 7.04. The molecule has 0 radical (unpaired) electrons. The minimum atomic E-state index is -0.826. The van der Waals surface area contributed by atoms with Crippen molar-refractivity contribution in [3.05, 3.63) is 23.9 Å². The van der Waals surface area contributed by atoms with Crippen LogP contribution in [0.1, 0.15) is 32.8 Å². The highest BCUT2D eigenvalue weighted by Gasteiger charge is 2.25. The maximum Gasteiger partial charge on any atom is 0.410 e. The van der Waals surface area contributed by atoms with Gasteiger partial charge in [0.25, 0.3) is 0 Å². The summed E-state index contributed by atoms with van der Waals surface area (Å²) >= 11 is 0. The van der Waals surface area contributed by atoms with Gasteiger partial charge in [0.1, 0.15) is 5.60 Å². The maximum atomic E-state index is 13.0. The number of hydrogen-bond donors (Lipinski definition) is 0. The number of halogens is 1. The van der Waals surface area contributed by atoms with Gasteiger partial charge in [-0.3, -0.25) is 0 Å². The van der Waals surface area contributed by atoms with Gasteiger partial charge < -0.3 is 14.4 Å². The normalized spacial score (nSPS) is 15.3. The fourth-order valence-electron chi connectivity index (χ4n) is 2.13. The second-order valence-electron chi connectivity index (χ2n) is 5.97. The van der Waals surface area contributed by atoms with Crippen LogP contribution in [0.5, 0.6) is 5.88 Å². The van der Waals surface area contributed by atoms with Crippen LogP contribution in [0, 0.1) is 6.08 Å². The third-order valence-electron chi connectivity index (χ3n) is 3.12. The summed E-state index contributed by atoms with van der Waals surface area (Å²) in [6, 6.07) is 0. The molecule has 0 N–H and O–H groups in total. The summed E-state index contributed by atoms with van der Waals surface area (Å²) in [6.07, 6.45) is 2.71. The molecule has 120 valence electrons. The van der Waals surface area contributed by atoms with Crippen molar-refractivity contribution >= 4 is 11.7 Å². The van der Waals surface area contributed by atoms with Crippen molar-refractivity contribution in [2.75, 3.05) is 20.2 Å². The second kappa shape index (κ2) is 6.29. The first-order chi connectivity index (χ1) is 10.3. The summed E-state index contributed by atoms with van der Waals surface area (Å²) in [5, 5.41) is 0. The van der Waals surface area contributed by atoms with Gasteiger partial charge in [-0.15, -0.1) is 0 Å². The summed E-state index contributed by atoms with van der Waals surface area (Å²) in [6.45, 7) is 6.43. The SMILES string of the molecule is COc1nc(F)ncc1C1=CCN(C(=O)OC(C)(C)C)CC1. The summed E-state index contributed by atoms with van der Waals surface area (Å²) in [4.78, 5) is 20.8. The number of aromatic nitrogens is 2. The highest BCUT2D eigenvalue weighted by atomic mass is 19.1. The van der Waals surface area contributed by atoms with E-state index in [0.717, 1.165) is 5.57 Å².